The van der Waals surface area contributed by atoms with E-state index in [0.717, 1.165) is 6.54 Å². The molecule has 0 aromatic carbocycles. The summed E-state index contributed by atoms with van der Waals surface area (Å²) in [5.41, 5.74) is -0.599. The van der Waals surface area contributed by atoms with Crippen LogP contribution in [0, 0.1) is 23.7 Å². The number of piperidine rings is 2. The van der Waals surface area contributed by atoms with Crippen molar-refractivity contribution >= 4 is 0 Å². The Morgan fingerprint density at radius 2 is 0.729 bits per heavy atom. The molecule has 17 heteroatoms. The average molecular weight is 1040 g/mol. The highest BCUT2D eigenvalue weighted by Gasteiger charge is 2.47. The van der Waals surface area contributed by atoms with Crippen LogP contribution in [0.4, 0.5) is 52.7 Å². The van der Waals surface area contributed by atoms with Gasteiger partial charge in [-0.1, -0.05) is 41.5 Å². The topological polar surface area (TPSA) is 28.2 Å². The molecule has 3 heterocycles. The van der Waals surface area contributed by atoms with Gasteiger partial charge in [0.2, 0.25) is 17.8 Å². The lowest BCUT2D eigenvalue weighted by Gasteiger charge is -2.42. The van der Waals surface area contributed by atoms with Crippen LogP contribution in [-0.4, -0.2) is 133 Å². The Hall–Kier alpha value is -1.04. The Kier molecular flexibility index (Phi) is 27.5. The summed E-state index contributed by atoms with van der Waals surface area (Å²) < 4.78 is 164. The molecule has 3 saturated carbocycles. The quantitative estimate of drug-likeness (QED) is 0.215. The second kappa shape index (κ2) is 28.7. The third-order valence-electron chi connectivity index (χ3n) is 15.6. The molecule has 0 aromatic heterocycles. The minimum Gasteiger partial charge on any atom is -0.378 e. The molecule has 3 aliphatic carbocycles. The van der Waals surface area contributed by atoms with Crippen molar-refractivity contribution in [3.8, 4) is 0 Å². The van der Waals surface area contributed by atoms with Crippen LogP contribution in [0.5, 0.6) is 0 Å². The van der Waals surface area contributed by atoms with Crippen LogP contribution in [0.1, 0.15) is 199 Å². The first-order chi connectivity index (χ1) is 31.9. The van der Waals surface area contributed by atoms with Gasteiger partial charge in [-0.05, 0) is 124 Å². The molecule has 5 nitrogen and oxygen atoms in total. The van der Waals surface area contributed by atoms with Gasteiger partial charge in [-0.2, -0.15) is 0 Å². The summed E-state index contributed by atoms with van der Waals surface area (Å²) >= 11 is 0. The highest BCUT2D eigenvalue weighted by atomic mass is 19.3. The summed E-state index contributed by atoms with van der Waals surface area (Å²) in [4.78, 5) is 5.74. The number of ether oxygens (including phenoxy) is 2. The van der Waals surface area contributed by atoms with E-state index in [4.69, 9.17) is 9.47 Å². The number of alkyl halides is 12. The highest BCUT2D eigenvalue weighted by molar-refractivity contribution is 4.93. The standard InChI is InChI=1S/C11H20F2O.C10H18F2O.C9H16F2.2C8H15F2N.C7H13F2N/c1-4-14-10(9(2)3)5-7-11(12,13)8-6-10;1-8(2)9(13-3)4-6-10(11,12)7-5-9;1-7(2)8-3-5-9(10,11)6-4-8;1-7(2)11-5-3-8(9,10)4-6-11;1-7(2)11-5-3-4-8(9,10)6-11;1-6(2)10-4-3-7(8,9)5-10/h9H,4-8H2,1-3H3;8H,4-7H2,1-3H3;7-8H,3-6H2,1-2H3;2*7H,3-6H2,1-2H3;6H,3-5H2,1-2H3. The monoisotopic (exact) mass is 1040 g/mol. The summed E-state index contributed by atoms with van der Waals surface area (Å²) in [5, 5.41) is 0. The zero-order valence-electron chi connectivity index (χ0n) is 45.7. The molecule has 0 amide bonds. The van der Waals surface area contributed by atoms with Gasteiger partial charge in [0, 0.05) is 116 Å². The molecule has 0 N–H and O–H groups in total. The molecule has 70 heavy (non-hydrogen) atoms. The predicted molar refractivity (Wildman–Crippen MR) is 260 cm³/mol. The van der Waals surface area contributed by atoms with Gasteiger partial charge in [0.25, 0.3) is 17.8 Å². The van der Waals surface area contributed by atoms with Gasteiger partial charge < -0.3 is 14.4 Å². The number of likely N-dealkylation sites (tertiary alicyclic amines) is 3. The number of methoxy groups -OCH3 is 1. The minimum absolute atomic E-state index is 0.0226. The third kappa shape index (κ3) is 24.5. The Balaban J connectivity index is 0.000000421. The summed E-state index contributed by atoms with van der Waals surface area (Å²) in [6, 6.07) is 0.917. The molecule has 0 bridgehead atoms. The van der Waals surface area contributed by atoms with Crippen LogP contribution in [-0.2, 0) is 9.47 Å². The number of rotatable bonds is 9. The number of hydrogen-bond acceptors (Lipinski definition) is 5. The van der Waals surface area contributed by atoms with Crippen LogP contribution in [0.25, 0.3) is 0 Å². The SMILES string of the molecule is CC(C)C1CCC(F)(F)CC1.CC(C)N1CCC(F)(F)C1.CC(C)N1CCC(F)(F)CC1.CC(C)N1CCCC(F)(F)C1.CCOC1(C(C)C)CCC(F)(F)CC1.COC1(C(C)C)CCC(F)(F)CC1. The molecular weight excluding hydrogens is 939 g/mol. The van der Waals surface area contributed by atoms with Gasteiger partial charge in [0.1, 0.15) is 0 Å². The Bertz CT molecular complexity index is 1360. The first-order valence-electron chi connectivity index (χ1n) is 26.6. The van der Waals surface area contributed by atoms with Crippen molar-refractivity contribution < 1.29 is 62.2 Å². The molecule has 3 aliphatic heterocycles. The third-order valence-corrected chi connectivity index (χ3v) is 15.6. The summed E-state index contributed by atoms with van der Waals surface area (Å²) in [6.07, 6.45) is 4.28. The predicted octanol–water partition coefficient (Wildman–Crippen LogP) is 16.3. The molecule has 0 radical (unpaired) electrons. The van der Waals surface area contributed by atoms with Crippen molar-refractivity contribution in [2.24, 2.45) is 23.7 Å². The van der Waals surface area contributed by atoms with Crippen molar-refractivity contribution in [3.63, 3.8) is 0 Å². The molecule has 0 spiro atoms. The number of halogens is 12. The van der Waals surface area contributed by atoms with E-state index in [9.17, 15) is 52.7 Å². The summed E-state index contributed by atoms with van der Waals surface area (Å²) in [6.45, 7) is 29.2. The van der Waals surface area contributed by atoms with Gasteiger partial charge in [0.15, 0.2) is 0 Å². The molecule has 420 valence electrons. The Morgan fingerprint density at radius 1 is 0.400 bits per heavy atom. The van der Waals surface area contributed by atoms with Gasteiger partial charge in [-0.25, -0.2) is 52.7 Å². The van der Waals surface area contributed by atoms with Crippen molar-refractivity contribution in [1.29, 1.82) is 0 Å². The van der Waals surface area contributed by atoms with Crippen LogP contribution in [0.2, 0.25) is 0 Å². The highest BCUT2D eigenvalue weighted by Crippen LogP contribution is 2.45. The lowest BCUT2D eigenvalue weighted by atomic mass is 9.75. The normalized spacial score (nSPS) is 25.9. The van der Waals surface area contributed by atoms with E-state index in [1.165, 1.54) is 0 Å². The fourth-order valence-corrected chi connectivity index (χ4v) is 10.0. The number of hydrogen-bond donors (Lipinski definition) is 0. The first-order valence-corrected chi connectivity index (χ1v) is 26.6. The molecule has 6 fully saturated rings. The van der Waals surface area contributed by atoms with Gasteiger partial charge >= 0.3 is 0 Å². The largest absolute Gasteiger partial charge is 0.378 e. The van der Waals surface area contributed by atoms with Crippen molar-refractivity contribution in [1.82, 2.24) is 14.7 Å². The van der Waals surface area contributed by atoms with E-state index < -0.39 is 35.5 Å². The van der Waals surface area contributed by atoms with Crippen molar-refractivity contribution in [2.75, 3.05) is 53.0 Å². The fourth-order valence-electron chi connectivity index (χ4n) is 10.0. The summed E-state index contributed by atoms with van der Waals surface area (Å²) in [5.74, 6) is -12.8. The average Bonchev–Trinajstić information content (AvgIpc) is 3.62. The fraction of sp³-hybridized carbons (Fsp3) is 1.00. The van der Waals surface area contributed by atoms with Gasteiger partial charge in [-0.3, -0.25) is 9.80 Å². The summed E-state index contributed by atoms with van der Waals surface area (Å²) in [7, 11) is 1.63. The maximum atomic E-state index is 13.0. The lowest BCUT2D eigenvalue weighted by molar-refractivity contribution is -0.149. The van der Waals surface area contributed by atoms with Gasteiger partial charge in [0.05, 0.1) is 24.3 Å². The zero-order valence-corrected chi connectivity index (χ0v) is 45.7. The molecule has 0 unspecified atom stereocenters. The van der Waals surface area contributed by atoms with E-state index in [1.54, 1.807) is 12.0 Å². The van der Waals surface area contributed by atoms with Crippen LogP contribution in [0.15, 0.2) is 0 Å². The lowest BCUT2D eigenvalue weighted by Crippen LogP contribution is -2.45. The first kappa shape index (κ1) is 67.0. The second-order valence-electron chi connectivity index (χ2n) is 22.9. The molecule has 6 rings (SSSR count). The van der Waals surface area contributed by atoms with E-state index >= 15 is 0 Å². The molecular formula is C53H97F12N3O2. The van der Waals surface area contributed by atoms with Crippen LogP contribution in [0.3, 0.4) is 0 Å². The van der Waals surface area contributed by atoms with E-state index in [2.05, 4.69) is 32.6 Å². The van der Waals surface area contributed by atoms with E-state index in [0.29, 0.717) is 101 Å². The second-order valence-corrected chi connectivity index (χ2v) is 22.9. The Morgan fingerprint density at radius 3 is 1.01 bits per heavy atom. The van der Waals surface area contributed by atoms with E-state index in [1.807, 2.05) is 67.2 Å². The Labute approximate surface area is 416 Å². The molecule has 0 atom stereocenters. The number of nitrogens with zero attached hydrogens (tertiary/aromatic N) is 3. The molecule has 3 saturated heterocycles. The maximum absolute atomic E-state index is 13.0. The minimum atomic E-state index is -2.46. The zero-order chi connectivity index (χ0) is 54.2. The van der Waals surface area contributed by atoms with Crippen molar-refractivity contribution in [2.45, 2.75) is 264 Å². The van der Waals surface area contributed by atoms with Crippen LogP contribution < -0.4 is 0 Å². The smallest absolute Gasteiger partial charge is 0.261 e. The van der Waals surface area contributed by atoms with Gasteiger partial charge in [-0.15, -0.1) is 0 Å². The maximum Gasteiger partial charge on any atom is 0.261 e. The van der Waals surface area contributed by atoms with Crippen LogP contribution >= 0.6 is 0 Å². The van der Waals surface area contributed by atoms with E-state index in [-0.39, 0.29) is 101 Å². The molecule has 0 aromatic rings. The van der Waals surface area contributed by atoms with Crippen molar-refractivity contribution in [3.05, 3.63) is 0 Å². The molecule has 6 aliphatic rings.